The lowest BCUT2D eigenvalue weighted by Gasteiger charge is -2.15. The molecule has 0 saturated heterocycles. The number of carbonyl (C=O) groups is 1. The number of hydrogen-bond donors (Lipinski definition) is 3. The molecular weight excluding hydrogens is 397 g/mol. The molecule has 0 fully saturated rings. The quantitative estimate of drug-likeness (QED) is 0.521. The molecule has 5 N–H and O–H groups in total. The minimum Gasteiger partial charge on any atom is -0.370 e. The van der Waals surface area contributed by atoms with E-state index < -0.39 is 33.4 Å². The first-order valence-corrected chi connectivity index (χ1v) is 9.61. The van der Waals surface area contributed by atoms with Crippen LogP contribution >= 0.6 is 0 Å². The maximum absolute atomic E-state index is 12.9. The molecule has 11 heteroatoms. The van der Waals surface area contributed by atoms with Gasteiger partial charge in [0, 0.05) is 17.5 Å². The number of sulfone groups is 1. The number of benzene rings is 2. The van der Waals surface area contributed by atoms with Crippen LogP contribution in [0.3, 0.4) is 0 Å². The van der Waals surface area contributed by atoms with Crippen molar-refractivity contribution in [2.45, 2.75) is 18.0 Å². The van der Waals surface area contributed by atoms with E-state index >= 15 is 0 Å². The molecule has 7 nitrogen and oxygen atoms in total. The Hall–Kier alpha value is -3.08. The number of carbonyl (C=O) groups excluding carboxylic acids is 1. The molecule has 0 unspecified atom stereocenters. The van der Waals surface area contributed by atoms with Gasteiger partial charge in [-0.2, -0.15) is 18.2 Å². The fraction of sp³-hybridized carbons (Fsp3) is 0.176. The van der Waals surface area contributed by atoms with Crippen LogP contribution in [-0.4, -0.2) is 26.5 Å². The smallest absolute Gasteiger partial charge is 0.370 e. The molecule has 0 aliphatic carbocycles. The Kier molecular flexibility index (Phi) is 5.69. The van der Waals surface area contributed by atoms with E-state index in [4.69, 9.17) is 11.5 Å². The lowest BCUT2D eigenvalue weighted by atomic mass is 10.1. The Morgan fingerprint density at radius 1 is 1.14 bits per heavy atom. The van der Waals surface area contributed by atoms with Crippen LogP contribution in [0.1, 0.15) is 21.5 Å². The molecule has 0 saturated carbocycles. The summed E-state index contributed by atoms with van der Waals surface area (Å²) in [5.41, 5.74) is 9.77. The van der Waals surface area contributed by atoms with Gasteiger partial charge in [0.25, 0.3) is 5.91 Å². The average molecular weight is 414 g/mol. The molecule has 1 amide bonds. The molecule has 0 heterocycles. The van der Waals surface area contributed by atoms with Gasteiger partial charge in [0.1, 0.15) is 0 Å². The number of nitrogens with two attached hydrogens (primary N) is 2. The Morgan fingerprint density at radius 2 is 1.79 bits per heavy atom. The molecule has 0 spiro atoms. The number of guanidine groups is 1. The molecule has 2 aromatic carbocycles. The fourth-order valence-electron chi connectivity index (χ4n) is 2.43. The summed E-state index contributed by atoms with van der Waals surface area (Å²) >= 11 is 0. The second kappa shape index (κ2) is 7.50. The van der Waals surface area contributed by atoms with Crippen LogP contribution < -0.4 is 16.8 Å². The summed E-state index contributed by atoms with van der Waals surface area (Å²) < 4.78 is 63.0. The third-order valence-corrected chi connectivity index (χ3v) is 4.79. The van der Waals surface area contributed by atoms with E-state index in [1.807, 2.05) is 0 Å². The van der Waals surface area contributed by atoms with Gasteiger partial charge in [-0.1, -0.05) is 6.07 Å². The van der Waals surface area contributed by atoms with E-state index in [0.717, 1.165) is 24.5 Å². The molecule has 2 rings (SSSR count). The van der Waals surface area contributed by atoms with Crippen molar-refractivity contribution in [2.75, 3.05) is 11.6 Å². The van der Waals surface area contributed by atoms with Gasteiger partial charge in [0.15, 0.2) is 15.8 Å². The van der Waals surface area contributed by atoms with Crippen molar-refractivity contribution >= 4 is 33.1 Å². The lowest BCUT2D eigenvalue weighted by Crippen LogP contribution is -2.24. The maximum atomic E-state index is 12.9. The van der Waals surface area contributed by atoms with Gasteiger partial charge in [-0.3, -0.25) is 4.79 Å². The third kappa shape index (κ3) is 5.00. The summed E-state index contributed by atoms with van der Waals surface area (Å²) in [7, 11) is -3.84. The first kappa shape index (κ1) is 21.2. The highest BCUT2D eigenvalue weighted by atomic mass is 32.2. The Morgan fingerprint density at radius 3 is 2.32 bits per heavy atom. The van der Waals surface area contributed by atoms with Crippen molar-refractivity contribution in [1.82, 2.24) is 0 Å². The zero-order valence-electron chi connectivity index (χ0n) is 14.8. The predicted molar refractivity (Wildman–Crippen MR) is 99.2 cm³/mol. The summed E-state index contributed by atoms with van der Waals surface area (Å²) in [6.45, 7) is 1.51. The van der Waals surface area contributed by atoms with Crippen LogP contribution in [0.4, 0.5) is 24.5 Å². The van der Waals surface area contributed by atoms with Gasteiger partial charge in [0.2, 0.25) is 0 Å². The number of aliphatic imine (C=N–C) groups is 1. The van der Waals surface area contributed by atoms with Crippen molar-refractivity contribution in [3.63, 3.8) is 0 Å². The molecule has 0 bridgehead atoms. The number of rotatable bonds is 4. The number of hydrogen-bond acceptors (Lipinski definition) is 4. The highest BCUT2D eigenvalue weighted by molar-refractivity contribution is 7.90. The molecule has 28 heavy (non-hydrogen) atoms. The van der Waals surface area contributed by atoms with E-state index in [1.54, 1.807) is 0 Å². The van der Waals surface area contributed by atoms with Crippen LogP contribution in [0, 0.1) is 6.92 Å². The highest BCUT2D eigenvalue weighted by Gasteiger charge is 2.30. The van der Waals surface area contributed by atoms with E-state index in [9.17, 15) is 26.4 Å². The van der Waals surface area contributed by atoms with E-state index in [0.29, 0.717) is 5.56 Å². The number of nitrogens with one attached hydrogen (secondary N) is 1. The minimum absolute atomic E-state index is 0.0144. The SMILES string of the molecule is Cc1cc(Nc2cccc(C(F)(F)F)c2)c(S(C)(=O)=O)cc1C(=O)N=C(N)N. The van der Waals surface area contributed by atoms with Gasteiger partial charge in [-0.05, 0) is 42.8 Å². The van der Waals surface area contributed by atoms with Crippen molar-refractivity contribution in [1.29, 1.82) is 0 Å². The van der Waals surface area contributed by atoms with Crippen LogP contribution in [0.5, 0.6) is 0 Å². The number of alkyl halides is 3. The van der Waals surface area contributed by atoms with Crippen molar-refractivity contribution in [2.24, 2.45) is 16.5 Å². The Labute approximate surface area is 159 Å². The highest BCUT2D eigenvalue weighted by Crippen LogP contribution is 2.33. The van der Waals surface area contributed by atoms with Gasteiger partial charge in [-0.15, -0.1) is 0 Å². The Balaban J connectivity index is 2.58. The second-order valence-corrected chi connectivity index (χ2v) is 7.96. The zero-order chi connectivity index (χ0) is 21.3. The molecular formula is C17H17F3N4O3S. The number of anilines is 2. The van der Waals surface area contributed by atoms with Gasteiger partial charge >= 0.3 is 6.18 Å². The fourth-order valence-corrected chi connectivity index (χ4v) is 3.27. The number of halogens is 3. The minimum atomic E-state index is -4.55. The number of nitrogens with zero attached hydrogens (tertiary/aromatic N) is 1. The largest absolute Gasteiger partial charge is 0.416 e. The number of amides is 1. The second-order valence-electron chi connectivity index (χ2n) is 5.98. The van der Waals surface area contributed by atoms with Crippen molar-refractivity contribution in [3.05, 3.63) is 53.1 Å². The van der Waals surface area contributed by atoms with Crippen LogP contribution in [0.2, 0.25) is 0 Å². The van der Waals surface area contributed by atoms with Gasteiger partial charge < -0.3 is 16.8 Å². The van der Waals surface area contributed by atoms with Crippen LogP contribution in [0.15, 0.2) is 46.3 Å². The monoisotopic (exact) mass is 414 g/mol. The standard InChI is InChI=1S/C17H17F3N4O3S/c1-9-6-13(23-11-5-3-4-10(7-11)17(18,19)20)14(28(2,26)27)8-12(9)15(25)24-16(21)22/h3-8,23H,1-2H3,(H4,21,22,24,25). The van der Waals surface area contributed by atoms with Crippen molar-refractivity contribution < 1.29 is 26.4 Å². The topological polar surface area (TPSA) is 128 Å². The van der Waals surface area contributed by atoms with Crippen molar-refractivity contribution in [3.8, 4) is 0 Å². The molecule has 0 aliphatic heterocycles. The third-order valence-electron chi connectivity index (χ3n) is 3.66. The lowest BCUT2D eigenvalue weighted by molar-refractivity contribution is -0.137. The van der Waals surface area contributed by atoms with Gasteiger partial charge in [-0.25, -0.2) is 8.42 Å². The summed E-state index contributed by atoms with van der Waals surface area (Å²) in [6, 6.07) is 6.69. The summed E-state index contributed by atoms with van der Waals surface area (Å²) in [5.74, 6) is -1.33. The summed E-state index contributed by atoms with van der Waals surface area (Å²) in [4.78, 5) is 15.2. The van der Waals surface area contributed by atoms with Gasteiger partial charge in [0.05, 0.1) is 16.1 Å². The summed E-state index contributed by atoms with van der Waals surface area (Å²) in [5, 5.41) is 2.66. The molecule has 2 aromatic rings. The molecule has 0 aromatic heterocycles. The molecule has 0 atom stereocenters. The maximum Gasteiger partial charge on any atom is 0.416 e. The molecule has 150 valence electrons. The predicted octanol–water partition coefficient (Wildman–Crippen LogP) is 2.57. The van der Waals surface area contributed by atoms with E-state index in [2.05, 4.69) is 10.3 Å². The molecule has 0 aliphatic rings. The summed E-state index contributed by atoms with van der Waals surface area (Å²) in [6.07, 6.45) is -3.65. The first-order valence-electron chi connectivity index (χ1n) is 7.72. The first-order chi connectivity index (χ1) is 12.8. The number of aryl methyl sites for hydroxylation is 1. The van der Waals surface area contributed by atoms with Crippen LogP contribution in [-0.2, 0) is 16.0 Å². The molecule has 0 radical (unpaired) electrons. The normalized spacial score (nSPS) is 11.8. The van der Waals surface area contributed by atoms with E-state index in [1.165, 1.54) is 25.1 Å². The average Bonchev–Trinajstić information content (AvgIpc) is 2.52. The van der Waals surface area contributed by atoms with Crippen LogP contribution in [0.25, 0.3) is 0 Å². The Bertz CT molecular complexity index is 1060. The van der Waals surface area contributed by atoms with E-state index in [-0.39, 0.29) is 21.8 Å². The zero-order valence-corrected chi connectivity index (χ0v) is 15.6.